The standard InChI is InChI=1S/C17H25ClN2O/c1-12-9-19-17(2,14-4-5-14)11-20(12)10-13-8-15(18)6-7-16(13)21-3/h6-8,12,14,19H,4-5,9-11H2,1-3H3. The molecule has 116 valence electrons. The first-order chi connectivity index (χ1) is 10.0. The molecule has 0 radical (unpaired) electrons. The van der Waals surface area contributed by atoms with E-state index < -0.39 is 0 Å². The summed E-state index contributed by atoms with van der Waals surface area (Å²) in [5.41, 5.74) is 1.44. The summed E-state index contributed by atoms with van der Waals surface area (Å²) in [4.78, 5) is 2.56. The van der Waals surface area contributed by atoms with E-state index >= 15 is 0 Å². The molecular weight excluding hydrogens is 284 g/mol. The van der Waals surface area contributed by atoms with E-state index in [-0.39, 0.29) is 5.54 Å². The third-order valence-electron chi connectivity index (χ3n) is 5.05. The van der Waals surface area contributed by atoms with Crippen LogP contribution >= 0.6 is 11.6 Å². The van der Waals surface area contributed by atoms with Gasteiger partial charge in [0.15, 0.2) is 0 Å². The van der Waals surface area contributed by atoms with E-state index in [1.165, 1.54) is 18.4 Å². The SMILES string of the molecule is COc1ccc(Cl)cc1CN1CC(C)(C2CC2)NCC1C. The van der Waals surface area contributed by atoms with Crippen LogP contribution in [-0.4, -0.2) is 36.7 Å². The number of halogens is 1. The van der Waals surface area contributed by atoms with Crippen molar-refractivity contribution >= 4 is 11.6 Å². The lowest BCUT2D eigenvalue weighted by atomic mass is 9.91. The van der Waals surface area contributed by atoms with E-state index in [0.29, 0.717) is 6.04 Å². The van der Waals surface area contributed by atoms with Crippen LogP contribution in [0.3, 0.4) is 0 Å². The van der Waals surface area contributed by atoms with Crippen LogP contribution in [0.15, 0.2) is 18.2 Å². The van der Waals surface area contributed by atoms with Crippen LogP contribution in [0.2, 0.25) is 5.02 Å². The van der Waals surface area contributed by atoms with Gasteiger partial charge in [-0.15, -0.1) is 0 Å². The molecule has 21 heavy (non-hydrogen) atoms. The molecule has 0 aromatic heterocycles. The number of hydrogen-bond donors (Lipinski definition) is 1. The molecule has 1 aromatic rings. The molecule has 3 rings (SSSR count). The Morgan fingerprint density at radius 3 is 2.86 bits per heavy atom. The van der Waals surface area contributed by atoms with Crippen molar-refractivity contribution in [2.24, 2.45) is 5.92 Å². The van der Waals surface area contributed by atoms with Crippen molar-refractivity contribution in [1.82, 2.24) is 10.2 Å². The number of nitrogens with zero attached hydrogens (tertiary/aromatic N) is 1. The Morgan fingerprint density at radius 1 is 1.43 bits per heavy atom. The van der Waals surface area contributed by atoms with Crippen molar-refractivity contribution < 1.29 is 4.74 Å². The molecular formula is C17H25ClN2O. The number of rotatable bonds is 4. The molecule has 0 amide bonds. The summed E-state index contributed by atoms with van der Waals surface area (Å²) in [5, 5.41) is 4.54. The van der Waals surface area contributed by atoms with Gasteiger partial charge in [0.05, 0.1) is 7.11 Å². The minimum Gasteiger partial charge on any atom is -0.496 e. The third kappa shape index (κ3) is 3.20. The highest BCUT2D eigenvalue weighted by Gasteiger charge is 2.45. The zero-order valence-corrected chi connectivity index (χ0v) is 13.9. The molecule has 1 aromatic carbocycles. The van der Waals surface area contributed by atoms with Crippen molar-refractivity contribution in [3.8, 4) is 5.75 Å². The van der Waals surface area contributed by atoms with Crippen LogP contribution in [-0.2, 0) is 6.54 Å². The molecule has 2 atom stereocenters. The van der Waals surface area contributed by atoms with Gasteiger partial charge in [0, 0.05) is 41.8 Å². The highest BCUT2D eigenvalue weighted by atomic mass is 35.5. The van der Waals surface area contributed by atoms with Gasteiger partial charge in [-0.05, 0) is 50.8 Å². The highest BCUT2D eigenvalue weighted by molar-refractivity contribution is 6.30. The average molecular weight is 309 g/mol. The van der Waals surface area contributed by atoms with Crippen molar-refractivity contribution in [3.05, 3.63) is 28.8 Å². The maximum atomic E-state index is 6.16. The van der Waals surface area contributed by atoms with Gasteiger partial charge in [-0.1, -0.05) is 11.6 Å². The van der Waals surface area contributed by atoms with Gasteiger partial charge in [0.1, 0.15) is 5.75 Å². The molecule has 1 N–H and O–H groups in total. The van der Waals surface area contributed by atoms with Crippen molar-refractivity contribution in [1.29, 1.82) is 0 Å². The second kappa shape index (κ2) is 5.79. The topological polar surface area (TPSA) is 24.5 Å². The summed E-state index contributed by atoms with van der Waals surface area (Å²) in [7, 11) is 1.72. The van der Waals surface area contributed by atoms with Gasteiger partial charge < -0.3 is 10.1 Å². The summed E-state index contributed by atoms with van der Waals surface area (Å²) in [6.07, 6.45) is 2.73. The van der Waals surface area contributed by atoms with Crippen molar-refractivity contribution in [3.63, 3.8) is 0 Å². The summed E-state index contributed by atoms with van der Waals surface area (Å²) in [6.45, 7) is 7.70. The fourth-order valence-electron chi connectivity index (χ4n) is 3.44. The van der Waals surface area contributed by atoms with Crippen LogP contribution in [0.4, 0.5) is 0 Å². The first kappa shape index (κ1) is 15.1. The van der Waals surface area contributed by atoms with Crippen LogP contribution < -0.4 is 10.1 Å². The van der Waals surface area contributed by atoms with Gasteiger partial charge in [0.25, 0.3) is 0 Å². The predicted octanol–water partition coefficient (Wildman–Crippen LogP) is 3.31. The zero-order valence-electron chi connectivity index (χ0n) is 13.2. The fourth-order valence-corrected chi connectivity index (χ4v) is 3.63. The monoisotopic (exact) mass is 308 g/mol. The van der Waals surface area contributed by atoms with E-state index in [4.69, 9.17) is 16.3 Å². The second-order valence-electron chi connectivity index (χ2n) is 6.78. The molecule has 3 nitrogen and oxygen atoms in total. The zero-order chi connectivity index (χ0) is 15.0. The van der Waals surface area contributed by atoms with Gasteiger partial charge in [-0.2, -0.15) is 0 Å². The maximum absolute atomic E-state index is 6.16. The van der Waals surface area contributed by atoms with E-state index in [1.807, 2.05) is 18.2 Å². The normalized spacial score (nSPS) is 30.4. The maximum Gasteiger partial charge on any atom is 0.123 e. The number of methoxy groups -OCH3 is 1. The Kier molecular flexibility index (Phi) is 4.17. The lowest BCUT2D eigenvalue weighted by molar-refractivity contribution is 0.0763. The van der Waals surface area contributed by atoms with E-state index in [2.05, 4.69) is 24.1 Å². The molecule has 1 saturated carbocycles. The van der Waals surface area contributed by atoms with E-state index in [0.717, 1.165) is 36.3 Å². The molecule has 2 unspecified atom stereocenters. The third-order valence-corrected chi connectivity index (χ3v) is 5.29. The molecule has 4 heteroatoms. The number of ether oxygens (including phenoxy) is 1. The lowest BCUT2D eigenvalue weighted by Crippen LogP contribution is -2.62. The molecule has 1 aliphatic heterocycles. The smallest absolute Gasteiger partial charge is 0.123 e. The Hall–Kier alpha value is -0.770. The summed E-state index contributed by atoms with van der Waals surface area (Å²) >= 11 is 6.16. The van der Waals surface area contributed by atoms with Crippen LogP contribution in [0.5, 0.6) is 5.75 Å². The van der Waals surface area contributed by atoms with Crippen LogP contribution in [0.1, 0.15) is 32.3 Å². The van der Waals surface area contributed by atoms with E-state index in [1.54, 1.807) is 7.11 Å². The van der Waals surface area contributed by atoms with Crippen molar-refractivity contribution in [2.45, 2.75) is 44.8 Å². The number of nitrogens with one attached hydrogen (secondary N) is 1. The summed E-state index contributed by atoms with van der Waals surface area (Å²) in [5.74, 6) is 1.77. The average Bonchev–Trinajstić information content (AvgIpc) is 3.28. The molecule has 1 aliphatic carbocycles. The van der Waals surface area contributed by atoms with Crippen LogP contribution in [0.25, 0.3) is 0 Å². The molecule has 1 heterocycles. The Morgan fingerprint density at radius 2 is 2.19 bits per heavy atom. The number of piperazine rings is 1. The second-order valence-corrected chi connectivity index (χ2v) is 7.22. The number of benzene rings is 1. The van der Waals surface area contributed by atoms with Crippen LogP contribution in [0, 0.1) is 5.92 Å². The molecule has 0 spiro atoms. The quantitative estimate of drug-likeness (QED) is 0.923. The first-order valence-electron chi connectivity index (χ1n) is 7.83. The number of hydrogen-bond acceptors (Lipinski definition) is 3. The fraction of sp³-hybridized carbons (Fsp3) is 0.647. The van der Waals surface area contributed by atoms with Gasteiger partial charge in [-0.25, -0.2) is 0 Å². The largest absolute Gasteiger partial charge is 0.496 e. The Labute approximate surface area is 132 Å². The highest BCUT2D eigenvalue weighted by Crippen LogP contribution is 2.41. The van der Waals surface area contributed by atoms with Gasteiger partial charge >= 0.3 is 0 Å². The van der Waals surface area contributed by atoms with Gasteiger partial charge in [0.2, 0.25) is 0 Å². The van der Waals surface area contributed by atoms with Gasteiger partial charge in [-0.3, -0.25) is 4.90 Å². The molecule has 2 fully saturated rings. The summed E-state index contributed by atoms with van der Waals surface area (Å²) < 4.78 is 5.49. The minimum atomic E-state index is 0.262. The molecule has 2 aliphatic rings. The lowest BCUT2D eigenvalue weighted by Gasteiger charge is -2.45. The Bertz CT molecular complexity index is 518. The molecule has 0 bridgehead atoms. The van der Waals surface area contributed by atoms with Crippen molar-refractivity contribution in [2.75, 3.05) is 20.2 Å². The Balaban J connectivity index is 1.77. The predicted molar refractivity (Wildman–Crippen MR) is 87.0 cm³/mol. The summed E-state index contributed by atoms with van der Waals surface area (Å²) in [6, 6.07) is 6.41. The molecule has 1 saturated heterocycles. The van der Waals surface area contributed by atoms with E-state index in [9.17, 15) is 0 Å². The minimum absolute atomic E-state index is 0.262. The first-order valence-corrected chi connectivity index (χ1v) is 8.21.